The molecule has 0 spiro atoms. The lowest BCUT2D eigenvalue weighted by molar-refractivity contribution is 0.0484. The summed E-state index contributed by atoms with van der Waals surface area (Å²) in [5.74, 6) is -8.40. The molecule has 9 heteroatoms. The summed E-state index contributed by atoms with van der Waals surface area (Å²) in [5, 5.41) is 8.17. The second-order valence-corrected chi connectivity index (χ2v) is 8.36. The van der Waals surface area contributed by atoms with Crippen LogP contribution < -0.4 is 4.90 Å². The number of benzene rings is 3. The zero-order chi connectivity index (χ0) is 26.2. The van der Waals surface area contributed by atoms with E-state index < -0.39 is 40.4 Å². The third kappa shape index (κ3) is 6.27. The number of hydrogen-bond acceptors (Lipinski definition) is 5. The van der Waals surface area contributed by atoms with E-state index in [0.717, 1.165) is 24.9 Å². The fourth-order valence-electron chi connectivity index (χ4n) is 3.46. The van der Waals surface area contributed by atoms with Crippen molar-refractivity contribution in [1.82, 2.24) is 0 Å². The summed E-state index contributed by atoms with van der Waals surface area (Å²) in [4.78, 5) is 14.0. The van der Waals surface area contributed by atoms with Crippen LogP contribution in [0.15, 0.2) is 58.8 Å². The predicted molar refractivity (Wildman–Crippen MR) is 131 cm³/mol. The Kier molecular flexibility index (Phi) is 9.16. The smallest absolute Gasteiger partial charge is 0.344 e. The van der Waals surface area contributed by atoms with E-state index in [0.29, 0.717) is 17.8 Å². The first kappa shape index (κ1) is 26.8. The van der Waals surface area contributed by atoms with Crippen molar-refractivity contribution in [2.45, 2.75) is 32.6 Å². The van der Waals surface area contributed by atoms with Crippen LogP contribution in [0.25, 0.3) is 11.1 Å². The molecule has 0 aliphatic heterocycles. The largest absolute Gasteiger partial charge is 0.462 e. The Balaban J connectivity index is 1.79. The van der Waals surface area contributed by atoms with Gasteiger partial charge in [0.25, 0.3) is 0 Å². The van der Waals surface area contributed by atoms with E-state index in [2.05, 4.69) is 10.2 Å². The molecule has 190 valence electrons. The third-order valence-corrected chi connectivity index (χ3v) is 5.50. The third-order valence-electron chi connectivity index (χ3n) is 5.50. The molecule has 0 saturated carbocycles. The van der Waals surface area contributed by atoms with Crippen molar-refractivity contribution < 1.29 is 27.1 Å². The van der Waals surface area contributed by atoms with Crippen LogP contribution in [0.2, 0.25) is 0 Å². The van der Waals surface area contributed by atoms with Gasteiger partial charge in [0.1, 0.15) is 5.56 Å². The number of hydrogen-bond donors (Lipinski definition) is 0. The zero-order valence-corrected chi connectivity index (χ0v) is 20.3. The van der Waals surface area contributed by atoms with Crippen molar-refractivity contribution in [3.8, 4) is 11.1 Å². The van der Waals surface area contributed by atoms with Gasteiger partial charge in [-0.1, -0.05) is 38.3 Å². The summed E-state index contributed by atoms with van der Waals surface area (Å²) in [6.45, 7) is 1.89. The van der Waals surface area contributed by atoms with Gasteiger partial charge in [-0.15, -0.1) is 0 Å². The van der Waals surface area contributed by atoms with Gasteiger partial charge in [0.15, 0.2) is 23.3 Å². The summed E-state index contributed by atoms with van der Waals surface area (Å²) in [5.41, 5.74) is -0.480. The summed E-state index contributed by atoms with van der Waals surface area (Å²) < 4.78 is 63.6. The Hall–Kier alpha value is -3.75. The van der Waals surface area contributed by atoms with Crippen molar-refractivity contribution in [3.63, 3.8) is 0 Å². The predicted octanol–water partition coefficient (Wildman–Crippen LogP) is 8.13. The summed E-state index contributed by atoms with van der Waals surface area (Å²) in [6.07, 6.45) is 3.09. The molecule has 3 aromatic rings. The van der Waals surface area contributed by atoms with Crippen LogP contribution in [0.1, 0.15) is 43.0 Å². The molecule has 0 N–H and O–H groups in total. The SMILES string of the molecule is CCCCCCOC(=O)c1c(F)c(F)c(-c2ccc(N=Nc3ccc(N(C)C)cc3)cc2)c(F)c1F. The highest BCUT2D eigenvalue weighted by Gasteiger charge is 2.30. The van der Waals surface area contributed by atoms with Crippen molar-refractivity contribution in [2.24, 2.45) is 10.2 Å². The first-order chi connectivity index (χ1) is 17.2. The highest BCUT2D eigenvalue weighted by Crippen LogP contribution is 2.33. The summed E-state index contributed by atoms with van der Waals surface area (Å²) >= 11 is 0. The average molecular weight is 502 g/mol. The first-order valence-corrected chi connectivity index (χ1v) is 11.6. The van der Waals surface area contributed by atoms with Gasteiger partial charge in [-0.3, -0.25) is 0 Å². The lowest BCUT2D eigenvalue weighted by Gasteiger charge is -2.12. The normalized spacial score (nSPS) is 11.2. The average Bonchev–Trinajstić information content (AvgIpc) is 2.87. The van der Waals surface area contributed by atoms with Gasteiger partial charge < -0.3 is 9.64 Å². The Morgan fingerprint density at radius 2 is 1.31 bits per heavy atom. The van der Waals surface area contributed by atoms with Gasteiger partial charge >= 0.3 is 5.97 Å². The van der Waals surface area contributed by atoms with Gasteiger partial charge in [-0.25, -0.2) is 22.4 Å². The number of rotatable bonds is 10. The minimum Gasteiger partial charge on any atom is -0.462 e. The molecule has 0 unspecified atom stereocenters. The van der Waals surface area contributed by atoms with Crippen LogP contribution in [0, 0.1) is 23.3 Å². The maximum absolute atomic E-state index is 14.8. The molecule has 3 rings (SSSR count). The molecule has 0 heterocycles. The maximum Gasteiger partial charge on any atom is 0.344 e. The van der Waals surface area contributed by atoms with E-state index >= 15 is 0 Å². The molecule has 0 aliphatic rings. The lowest BCUT2D eigenvalue weighted by Crippen LogP contribution is -2.15. The molecule has 36 heavy (non-hydrogen) atoms. The number of anilines is 1. The molecule has 0 aromatic heterocycles. The molecule has 0 amide bonds. The van der Waals surface area contributed by atoms with Crippen LogP contribution in [-0.2, 0) is 4.74 Å². The number of ether oxygens (including phenoxy) is 1. The monoisotopic (exact) mass is 501 g/mol. The minimum absolute atomic E-state index is 0.0987. The molecular formula is C27H27F4N3O2. The Morgan fingerprint density at radius 3 is 1.81 bits per heavy atom. The van der Waals surface area contributed by atoms with Gasteiger partial charge in [-0.2, -0.15) is 10.2 Å². The van der Waals surface area contributed by atoms with Crippen LogP contribution in [-0.4, -0.2) is 26.7 Å². The summed E-state index contributed by atoms with van der Waals surface area (Å²) in [7, 11) is 3.83. The molecule has 0 fully saturated rings. The summed E-state index contributed by atoms with van der Waals surface area (Å²) in [6, 6.07) is 12.6. The number of esters is 1. The fraction of sp³-hybridized carbons (Fsp3) is 0.296. The Bertz CT molecular complexity index is 1200. The molecule has 0 atom stereocenters. The van der Waals surface area contributed by atoms with Crippen molar-refractivity contribution >= 4 is 23.0 Å². The standard InChI is InChI=1S/C27H27F4N3O2/c1-4-5-6-7-16-36-27(35)22-25(30)23(28)21(24(29)26(22)31)17-8-10-18(11-9-17)32-33-19-12-14-20(15-13-19)34(2)3/h8-15H,4-7,16H2,1-3H3. The fourth-order valence-corrected chi connectivity index (χ4v) is 3.46. The van der Waals surface area contributed by atoms with E-state index in [-0.39, 0.29) is 12.2 Å². The number of unbranched alkanes of at least 4 members (excludes halogenated alkanes) is 3. The number of halogens is 4. The quantitative estimate of drug-likeness (QED) is 0.0927. The van der Waals surface area contributed by atoms with Crippen LogP contribution in [0.5, 0.6) is 0 Å². The number of carbonyl (C=O) groups is 1. The molecule has 3 aromatic carbocycles. The highest BCUT2D eigenvalue weighted by atomic mass is 19.2. The van der Waals surface area contributed by atoms with Crippen molar-refractivity contribution in [1.29, 1.82) is 0 Å². The van der Waals surface area contributed by atoms with Gasteiger partial charge in [0.2, 0.25) is 0 Å². The van der Waals surface area contributed by atoms with Crippen molar-refractivity contribution in [3.05, 3.63) is 77.4 Å². The van der Waals surface area contributed by atoms with Gasteiger partial charge in [-0.05, 0) is 48.4 Å². The van der Waals surface area contributed by atoms with Crippen molar-refractivity contribution in [2.75, 3.05) is 25.6 Å². The number of carbonyl (C=O) groups excluding carboxylic acids is 1. The minimum atomic E-state index is -1.80. The van der Waals surface area contributed by atoms with E-state index in [1.807, 2.05) is 38.1 Å². The Morgan fingerprint density at radius 1 is 0.778 bits per heavy atom. The Labute approximate surface area is 207 Å². The van der Waals surface area contributed by atoms with Gasteiger partial charge in [0, 0.05) is 19.8 Å². The van der Waals surface area contributed by atoms with Crippen LogP contribution in [0.4, 0.5) is 34.6 Å². The molecule has 0 radical (unpaired) electrons. The van der Waals surface area contributed by atoms with E-state index in [1.165, 1.54) is 24.3 Å². The van der Waals surface area contributed by atoms with Crippen LogP contribution >= 0.6 is 0 Å². The van der Waals surface area contributed by atoms with E-state index in [1.54, 1.807) is 12.1 Å². The molecule has 0 bridgehead atoms. The molecule has 0 saturated heterocycles. The first-order valence-electron chi connectivity index (χ1n) is 11.6. The molecular weight excluding hydrogens is 474 g/mol. The van der Waals surface area contributed by atoms with E-state index in [9.17, 15) is 22.4 Å². The van der Waals surface area contributed by atoms with Gasteiger partial charge in [0.05, 0.1) is 23.5 Å². The topological polar surface area (TPSA) is 54.3 Å². The highest BCUT2D eigenvalue weighted by molar-refractivity contribution is 5.91. The molecule has 5 nitrogen and oxygen atoms in total. The second kappa shape index (κ2) is 12.3. The van der Waals surface area contributed by atoms with Crippen LogP contribution in [0.3, 0.4) is 0 Å². The maximum atomic E-state index is 14.8. The van der Waals surface area contributed by atoms with E-state index in [4.69, 9.17) is 4.74 Å². The number of azo groups is 1. The lowest BCUT2D eigenvalue weighted by atomic mass is 10.0. The zero-order valence-electron chi connectivity index (χ0n) is 20.3. The second-order valence-electron chi connectivity index (χ2n) is 8.36. The molecule has 0 aliphatic carbocycles. The number of nitrogens with zero attached hydrogens (tertiary/aromatic N) is 3.